The molecule has 1 amide bonds. The van der Waals surface area contributed by atoms with E-state index in [9.17, 15) is 18.0 Å². The Balaban J connectivity index is 3.85. The van der Waals surface area contributed by atoms with Gasteiger partial charge in [0.15, 0.2) is 0 Å². The Bertz CT molecular complexity index is 157. The van der Waals surface area contributed by atoms with E-state index in [4.69, 9.17) is 5.73 Å². The molecule has 12 heavy (non-hydrogen) atoms. The van der Waals surface area contributed by atoms with E-state index in [-0.39, 0.29) is 6.54 Å². The molecule has 3 nitrogen and oxygen atoms in total. The molecule has 0 spiro atoms. The molecule has 0 aromatic rings. The molecule has 0 bridgehead atoms. The van der Waals surface area contributed by atoms with Crippen LogP contribution in [0.2, 0.25) is 0 Å². The lowest BCUT2D eigenvalue weighted by Crippen LogP contribution is -2.42. The molecule has 0 aromatic heterocycles. The Morgan fingerprint density at radius 1 is 1.58 bits per heavy atom. The molecule has 3 N–H and O–H groups in total. The summed E-state index contributed by atoms with van der Waals surface area (Å²) in [5.74, 6) is -1.91. The number of hydrogen-bond acceptors (Lipinski definition) is 2. The predicted octanol–water partition coefficient (Wildman–Crippen LogP) is 0.402. The summed E-state index contributed by atoms with van der Waals surface area (Å²) in [7, 11) is 0. The van der Waals surface area contributed by atoms with Gasteiger partial charge in [-0.3, -0.25) is 4.79 Å². The highest BCUT2D eigenvalue weighted by Crippen LogP contribution is 2.14. The number of nitrogens with one attached hydrogen (secondary N) is 1. The normalized spacial score (nSPS) is 14.1. The first-order chi connectivity index (χ1) is 5.38. The van der Waals surface area contributed by atoms with E-state index in [2.05, 4.69) is 0 Å². The number of carbonyl (C=O) groups is 1. The molecule has 0 fully saturated rings. The second-order valence-electron chi connectivity index (χ2n) is 2.45. The minimum Gasteiger partial charge on any atom is -0.346 e. The molecule has 1 atom stereocenters. The summed E-state index contributed by atoms with van der Waals surface area (Å²) >= 11 is 0. The molecular weight excluding hydrogens is 173 g/mol. The summed E-state index contributed by atoms with van der Waals surface area (Å²) in [6, 6.07) is -0.538. The summed E-state index contributed by atoms with van der Waals surface area (Å²) in [4.78, 5) is 10.3. The number of carbonyl (C=O) groups excluding carboxylic acids is 1. The van der Waals surface area contributed by atoms with Gasteiger partial charge in [0, 0.05) is 6.04 Å². The van der Waals surface area contributed by atoms with Gasteiger partial charge < -0.3 is 11.1 Å². The van der Waals surface area contributed by atoms with Crippen molar-refractivity contribution in [1.29, 1.82) is 0 Å². The zero-order valence-corrected chi connectivity index (χ0v) is 6.61. The summed E-state index contributed by atoms with van der Waals surface area (Å²) in [6.45, 7) is 1.72. The van der Waals surface area contributed by atoms with Crippen LogP contribution in [0, 0.1) is 0 Å². The zero-order chi connectivity index (χ0) is 9.78. The van der Waals surface area contributed by atoms with Gasteiger partial charge in [-0.2, -0.15) is 13.2 Å². The first-order valence-electron chi connectivity index (χ1n) is 3.45. The molecule has 0 aliphatic heterocycles. The van der Waals surface area contributed by atoms with E-state index >= 15 is 0 Å². The van der Waals surface area contributed by atoms with Gasteiger partial charge in [0.25, 0.3) is 0 Å². The number of alkyl halides is 3. The monoisotopic (exact) mass is 184 g/mol. The van der Waals surface area contributed by atoms with Crippen LogP contribution in [-0.2, 0) is 4.79 Å². The highest BCUT2D eigenvalue weighted by atomic mass is 19.4. The van der Waals surface area contributed by atoms with Crippen molar-refractivity contribution in [3.05, 3.63) is 0 Å². The number of rotatable bonds is 3. The third-order valence-electron chi connectivity index (χ3n) is 1.23. The second-order valence-corrected chi connectivity index (χ2v) is 2.45. The molecule has 72 valence electrons. The van der Waals surface area contributed by atoms with Gasteiger partial charge in [-0.15, -0.1) is 0 Å². The molecule has 0 aromatic carbocycles. The summed E-state index contributed by atoms with van der Waals surface area (Å²) in [5, 5.41) is 1.78. The standard InChI is InChI=1S/C6H11F3N2O/c1-4(2-3-10)11-5(12)6(7,8)9/h4H,2-3,10H2,1H3,(H,11,12). The number of amides is 1. The van der Waals surface area contributed by atoms with Crippen molar-refractivity contribution in [2.75, 3.05) is 6.54 Å². The highest BCUT2D eigenvalue weighted by Gasteiger charge is 2.38. The van der Waals surface area contributed by atoms with Crippen LogP contribution in [0.3, 0.4) is 0 Å². The van der Waals surface area contributed by atoms with Crippen molar-refractivity contribution in [2.24, 2.45) is 5.73 Å². The van der Waals surface area contributed by atoms with Gasteiger partial charge in [0.05, 0.1) is 0 Å². The van der Waals surface area contributed by atoms with E-state index in [0.717, 1.165) is 0 Å². The largest absolute Gasteiger partial charge is 0.471 e. The van der Waals surface area contributed by atoms with Crippen LogP contribution in [0.1, 0.15) is 13.3 Å². The minimum absolute atomic E-state index is 0.249. The molecule has 0 aliphatic carbocycles. The summed E-state index contributed by atoms with van der Waals surface area (Å²) < 4.78 is 34.8. The molecule has 1 unspecified atom stereocenters. The van der Waals surface area contributed by atoms with E-state index in [1.807, 2.05) is 0 Å². The second kappa shape index (κ2) is 4.30. The van der Waals surface area contributed by atoms with E-state index < -0.39 is 18.1 Å². The smallest absolute Gasteiger partial charge is 0.346 e. The fourth-order valence-corrected chi connectivity index (χ4v) is 0.628. The van der Waals surface area contributed by atoms with Crippen LogP contribution in [0.15, 0.2) is 0 Å². The van der Waals surface area contributed by atoms with E-state index in [1.54, 1.807) is 5.32 Å². The summed E-state index contributed by atoms with van der Waals surface area (Å²) in [6.07, 6.45) is -4.47. The van der Waals surface area contributed by atoms with Crippen LogP contribution < -0.4 is 11.1 Å². The van der Waals surface area contributed by atoms with Gasteiger partial charge in [-0.05, 0) is 19.9 Å². The van der Waals surface area contributed by atoms with Crippen molar-refractivity contribution in [3.8, 4) is 0 Å². The van der Waals surface area contributed by atoms with Crippen LogP contribution in [0.5, 0.6) is 0 Å². The van der Waals surface area contributed by atoms with Gasteiger partial charge in [-0.1, -0.05) is 0 Å². The van der Waals surface area contributed by atoms with Crippen molar-refractivity contribution in [1.82, 2.24) is 5.32 Å². The molecule has 0 aliphatic rings. The lowest BCUT2D eigenvalue weighted by atomic mass is 10.2. The quantitative estimate of drug-likeness (QED) is 0.667. The molecule has 0 heterocycles. The van der Waals surface area contributed by atoms with Crippen LogP contribution >= 0.6 is 0 Å². The Morgan fingerprint density at radius 3 is 2.42 bits per heavy atom. The lowest BCUT2D eigenvalue weighted by Gasteiger charge is -2.13. The maximum absolute atomic E-state index is 11.6. The lowest BCUT2D eigenvalue weighted by molar-refractivity contribution is -0.174. The maximum atomic E-state index is 11.6. The first-order valence-corrected chi connectivity index (χ1v) is 3.45. The summed E-state index contributed by atoms with van der Waals surface area (Å²) in [5.41, 5.74) is 5.08. The van der Waals surface area contributed by atoms with E-state index in [1.165, 1.54) is 6.92 Å². The number of nitrogens with two attached hydrogens (primary N) is 1. The average Bonchev–Trinajstić information content (AvgIpc) is 1.85. The number of halogens is 3. The zero-order valence-electron chi connectivity index (χ0n) is 6.61. The maximum Gasteiger partial charge on any atom is 0.471 e. The molecule has 6 heteroatoms. The fourth-order valence-electron chi connectivity index (χ4n) is 0.628. The van der Waals surface area contributed by atoms with E-state index in [0.29, 0.717) is 6.42 Å². The van der Waals surface area contributed by atoms with Gasteiger partial charge in [0.2, 0.25) is 0 Å². The molecule has 0 rings (SSSR count). The predicted molar refractivity (Wildman–Crippen MR) is 37.3 cm³/mol. The van der Waals surface area contributed by atoms with Gasteiger partial charge >= 0.3 is 12.1 Å². The fraction of sp³-hybridized carbons (Fsp3) is 0.833. The molecule has 0 saturated carbocycles. The molecular formula is C6H11F3N2O. The third-order valence-corrected chi connectivity index (χ3v) is 1.23. The van der Waals surface area contributed by atoms with Gasteiger partial charge in [-0.25, -0.2) is 0 Å². The van der Waals surface area contributed by atoms with Crippen LogP contribution in [0.4, 0.5) is 13.2 Å². The average molecular weight is 184 g/mol. The van der Waals surface area contributed by atoms with Gasteiger partial charge in [0.1, 0.15) is 0 Å². The number of hydrogen-bond donors (Lipinski definition) is 2. The third kappa shape index (κ3) is 4.17. The first kappa shape index (κ1) is 11.2. The Kier molecular flexibility index (Phi) is 4.02. The Labute approximate surface area is 68.1 Å². The topological polar surface area (TPSA) is 55.1 Å². The Hall–Kier alpha value is -0.780. The van der Waals surface area contributed by atoms with Crippen LogP contribution in [0.25, 0.3) is 0 Å². The highest BCUT2D eigenvalue weighted by molar-refractivity contribution is 5.81. The molecule has 0 saturated heterocycles. The molecule has 0 radical (unpaired) electrons. The minimum atomic E-state index is -4.80. The SMILES string of the molecule is CC(CCN)NC(=O)C(F)(F)F. The van der Waals surface area contributed by atoms with Crippen molar-refractivity contribution in [3.63, 3.8) is 0 Å². The van der Waals surface area contributed by atoms with Crippen molar-refractivity contribution >= 4 is 5.91 Å². The van der Waals surface area contributed by atoms with Crippen molar-refractivity contribution in [2.45, 2.75) is 25.6 Å². The van der Waals surface area contributed by atoms with Crippen molar-refractivity contribution < 1.29 is 18.0 Å². The Morgan fingerprint density at radius 2 is 2.08 bits per heavy atom. The van der Waals surface area contributed by atoms with Crippen LogP contribution in [-0.4, -0.2) is 24.7 Å².